The molecule has 0 aliphatic heterocycles. The van der Waals surface area contributed by atoms with Gasteiger partial charge in [0.1, 0.15) is 12.4 Å². The number of hydrogen-bond donors (Lipinski definition) is 2. The molecular weight excluding hydrogens is 254 g/mol. The van der Waals surface area contributed by atoms with Gasteiger partial charge in [0.15, 0.2) is 0 Å². The molecule has 0 fully saturated rings. The summed E-state index contributed by atoms with van der Waals surface area (Å²) in [6, 6.07) is 6.82. The molecule has 0 aromatic heterocycles. The molecule has 2 N–H and O–H groups in total. The van der Waals surface area contributed by atoms with Crippen molar-refractivity contribution in [2.45, 2.75) is 20.3 Å². The zero-order chi connectivity index (χ0) is 15.0. The van der Waals surface area contributed by atoms with Crippen molar-refractivity contribution in [2.75, 3.05) is 19.8 Å². The van der Waals surface area contributed by atoms with Crippen molar-refractivity contribution in [3.05, 3.63) is 29.8 Å². The van der Waals surface area contributed by atoms with Gasteiger partial charge in [0, 0.05) is 18.7 Å². The summed E-state index contributed by atoms with van der Waals surface area (Å²) < 4.78 is 5.24. The molecule has 0 bridgehead atoms. The second kappa shape index (κ2) is 7.56. The summed E-state index contributed by atoms with van der Waals surface area (Å²) >= 11 is 0. The van der Waals surface area contributed by atoms with Crippen LogP contribution in [0, 0.1) is 17.8 Å². The van der Waals surface area contributed by atoms with Gasteiger partial charge < -0.3 is 15.2 Å². The third kappa shape index (κ3) is 5.33. The summed E-state index contributed by atoms with van der Waals surface area (Å²) in [6.07, 6.45) is 5.75. The molecule has 0 saturated carbocycles. The highest BCUT2D eigenvalue weighted by molar-refractivity contribution is 5.94. The first-order chi connectivity index (χ1) is 9.48. The fraction of sp³-hybridized carbons (Fsp3) is 0.438. The van der Waals surface area contributed by atoms with Crippen LogP contribution in [-0.4, -0.2) is 30.8 Å². The largest absolute Gasteiger partial charge is 0.481 e. The van der Waals surface area contributed by atoms with Crippen LogP contribution in [0.3, 0.4) is 0 Å². The Morgan fingerprint density at radius 3 is 2.60 bits per heavy atom. The highest BCUT2D eigenvalue weighted by atomic mass is 16.5. The van der Waals surface area contributed by atoms with E-state index in [1.54, 1.807) is 24.3 Å². The van der Waals surface area contributed by atoms with Crippen molar-refractivity contribution in [3.63, 3.8) is 0 Å². The Balaban J connectivity index is 2.54. The minimum Gasteiger partial charge on any atom is -0.481 e. The van der Waals surface area contributed by atoms with Crippen LogP contribution in [-0.2, 0) is 0 Å². The molecule has 0 unspecified atom stereocenters. The second-order valence-corrected chi connectivity index (χ2v) is 5.34. The Bertz CT molecular complexity index is 471. The third-order valence-corrected chi connectivity index (χ3v) is 2.95. The highest BCUT2D eigenvalue weighted by Crippen LogP contribution is 2.18. The molecule has 20 heavy (non-hydrogen) atoms. The topological polar surface area (TPSA) is 58.6 Å². The molecule has 0 radical (unpaired) electrons. The number of aliphatic hydroxyl groups is 1. The molecule has 0 saturated heterocycles. The van der Waals surface area contributed by atoms with E-state index in [4.69, 9.17) is 16.3 Å². The standard InChI is InChI=1S/C16H21NO3/c1-4-11-20-14-7-5-13(6-8-14)15(19)17-12-16(2,3)9-10-18/h1,5-8,18H,9-12H2,2-3H3,(H,17,19). The van der Waals surface area contributed by atoms with Crippen LogP contribution in [0.25, 0.3) is 0 Å². The van der Waals surface area contributed by atoms with Crippen LogP contribution in [0.2, 0.25) is 0 Å². The molecule has 0 aliphatic rings. The smallest absolute Gasteiger partial charge is 0.251 e. The maximum Gasteiger partial charge on any atom is 0.251 e. The molecule has 108 valence electrons. The third-order valence-electron chi connectivity index (χ3n) is 2.95. The zero-order valence-corrected chi connectivity index (χ0v) is 12.0. The van der Waals surface area contributed by atoms with Crippen LogP contribution in [0.5, 0.6) is 5.75 Å². The van der Waals surface area contributed by atoms with Gasteiger partial charge in [-0.2, -0.15) is 0 Å². The van der Waals surface area contributed by atoms with Crippen molar-refractivity contribution in [1.29, 1.82) is 0 Å². The molecule has 1 aromatic carbocycles. The summed E-state index contributed by atoms with van der Waals surface area (Å²) in [7, 11) is 0. The Hall–Kier alpha value is -1.99. The normalized spacial score (nSPS) is 10.7. The van der Waals surface area contributed by atoms with Gasteiger partial charge >= 0.3 is 0 Å². The first-order valence-corrected chi connectivity index (χ1v) is 6.54. The van der Waals surface area contributed by atoms with Crippen molar-refractivity contribution < 1.29 is 14.6 Å². The van der Waals surface area contributed by atoms with Gasteiger partial charge in [-0.25, -0.2) is 0 Å². The predicted molar refractivity (Wildman–Crippen MR) is 78.6 cm³/mol. The molecule has 1 rings (SSSR count). The minimum absolute atomic E-state index is 0.115. The Kier molecular flexibility index (Phi) is 6.08. The Morgan fingerprint density at radius 2 is 2.05 bits per heavy atom. The summed E-state index contributed by atoms with van der Waals surface area (Å²) in [4.78, 5) is 12.0. The molecule has 0 spiro atoms. The van der Waals surface area contributed by atoms with E-state index in [0.29, 0.717) is 24.3 Å². The molecule has 4 nitrogen and oxygen atoms in total. The molecule has 0 atom stereocenters. The number of aliphatic hydroxyl groups excluding tert-OH is 1. The van der Waals surface area contributed by atoms with Crippen molar-refractivity contribution in [1.82, 2.24) is 5.32 Å². The van der Waals surface area contributed by atoms with Crippen LogP contribution >= 0.6 is 0 Å². The first kappa shape index (κ1) is 16.1. The lowest BCUT2D eigenvalue weighted by Gasteiger charge is -2.23. The van der Waals surface area contributed by atoms with Gasteiger partial charge in [0.25, 0.3) is 5.91 Å². The van der Waals surface area contributed by atoms with E-state index in [1.165, 1.54) is 0 Å². The van der Waals surface area contributed by atoms with E-state index < -0.39 is 0 Å². The van der Waals surface area contributed by atoms with Crippen LogP contribution in [0.4, 0.5) is 0 Å². The maximum absolute atomic E-state index is 12.0. The molecule has 4 heteroatoms. The van der Waals surface area contributed by atoms with Gasteiger partial charge in [0.2, 0.25) is 0 Å². The van der Waals surface area contributed by atoms with E-state index >= 15 is 0 Å². The minimum atomic E-state index is -0.139. The average Bonchev–Trinajstić information content (AvgIpc) is 2.43. The monoisotopic (exact) mass is 275 g/mol. The van der Waals surface area contributed by atoms with Gasteiger partial charge in [-0.05, 0) is 36.1 Å². The van der Waals surface area contributed by atoms with Crippen molar-refractivity contribution in [2.24, 2.45) is 5.41 Å². The number of terminal acetylenes is 1. The second-order valence-electron chi connectivity index (χ2n) is 5.34. The van der Waals surface area contributed by atoms with Crippen LogP contribution in [0.1, 0.15) is 30.6 Å². The number of amides is 1. The molecule has 1 aromatic rings. The predicted octanol–water partition coefficient (Wildman–Crippen LogP) is 1.84. The highest BCUT2D eigenvalue weighted by Gasteiger charge is 2.18. The summed E-state index contributed by atoms with van der Waals surface area (Å²) in [6.45, 7) is 4.84. The van der Waals surface area contributed by atoms with E-state index in [2.05, 4.69) is 11.2 Å². The lowest BCUT2D eigenvalue weighted by atomic mass is 9.89. The van der Waals surface area contributed by atoms with Crippen molar-refractivity contribution in [3.8, 4) is 18.1 Å². The lowest BCUT2D eigenvalue weighted by molar-refractivity contribution is 0.0928. The quantitative estimate of drug-likeness (QED) is 0.746. The fourth-order valence-electron chi connectivity index (χ4n) is 1.64. The SMILES string of the molecule is C#CCOc1ccc(C(=O)NCC(C)(C)CCO)cc1. The number of benzene rings is 1. The number of nitrogens with one attached hydrogen (secondary N) is 1. The van der Waals surface area contributed by atoms with E-state index in [9.17, 15) is 4.79 Å². The number of hydrogen-bond acceptors (Lipinski definition) is 3. The molecule has 0 aliphatic carbocycles. The van der Waals surface area contributed by atoms with Gasteiger partial charge in [0.05, 0.1) is 0 Å². The average molecular weight is 275 g/mol. The van der Waals surface area contributed by atoms with E-state index in [0.717, 1.165) is 0 Å². The fourth-order valence-corrected chi connectivity index (χ4v) is 1.64. The lowest BCUT2D eigenvalue weighted by Crippen LogP contribution is -2.34. The molecule has 0 heterocycles. The molecular formula is C16H21NO3. The van der Waals surface area contributed by atoms with Crippen LogP contribution < -0.4 is 10.1 Å². The van der Waals surface area contributed by atoms with Gasteiger partial charge in [-0.15, -0.1) is 6.42 Å². The molecule has 1 amide bonds. The van der Waals surface area contributed by atoms with Gasteiger partial charge in [-0.1, -0.05) is 19.8 Å². The number of carbonyl (C=O) groups is 1. The van der Waals surface area contributed by atoms with E-state index in [1.807, 2.05) is 13.8 Å². The maximum atomic E-state index is 12.0. The Morgan fingerprint density at radius 1 is 1.40 bits per heavy atom. The summed E-state index contributed by atoms with van der Waals surface area (Å²) in [5.74, 6) is 2.88. The first-order valence-electron chi connectivity index (χ1n) is 6.54. The Labute approximate surface area is 120 Å². The van der Waals surface area contributed by atoms with Gasteiger partial charge in [-0.3, -0.25) is 4.79 Å². The van der Waals surface area contributed by atoms with E-state index in [-0.39, 0.29) is 24.5 Å². The zero-order valence-electron chi connectivity index (χ0n) is 12.0. The number of carbonyl (C=O) groups excluding carboxylic acids is 1. The summed E-state index contributed by atoms with van der Waals surface area (Å²) in [5, 5.41) is 11.8. The number of rotatable bonds is 7. The van der Waals surface area contributed by atoms with Crippen LogP contribution in [0.15, 0.2) is 24.3 Å². The summed E-state index contributed by atoms with van der Waals surface area (Å²) in [5.41, 5.74) is 0.443. The van der Waals surface area contributed by atoms with Crippen molar-refractivity contribution >= 4 is 5.91 Å². The number of ether oxygens (including phenoxy) is 1.